The second-order valence-electron chi connectivity index (χ2n) is 4.81. The van der Waals surface area contributed by atoms with Gasteiger partial charge in [0.1, 0.15) is 6.04 Å². The minimum absolute atomic E-state index is 0.103. The standard InChI is InChI=1S/C14H19N3/c1-11-7-12-5-3-4-6-14(12)17(9-11)10-13(8-15)16-2/h3-6,11,13,16H,7,9-10H2,1-2H3. The fraction of sp³-hybridized carbons (Fsp3) is 0.500. The molecule has 0 amide bonds. The van der Waals surface area contributed by atoms with Crippen LogP contribution in [0.3, 0.4) is 0 Å². The predicted molar refractivity (Wildman–Crippen MR) is 70.0 cm³/mol. The van der Waals surface area contributed by atoms with E-state index in [1.54, 1.807) is 0 Å². The lowest BCUT2D eigenvalue weighted by molar-refractivity contribution is 0.514. The topological polar surface area (TPSA) is 39.1 Å². The molecular formula is C14H19N3. The van der Waals surface area contributed by atoms with Gasteiger partial charge in [-0.1, -0.05) is 25.1 Å². The molecular weight excluding hydrogens is 210 g/mol. The van der Waals surface area contributed by atoms with Crippen molar-refractivity contribution in [3.63, 3.8) is 0 Å². The maximum Gasteiger partial charge on any atom is 0.113 e. The summed E-state index contributed by atoms with van der Waals surface area (Å²) in [6.45, 7) is 4.06. The zero-order valence-electron chi connectivity index (χ0n) is 10.5. The minimum Gasteiger partial charge on any atom is -0.368 e. The van der Waals surface area contributed by atoms with Crippen LogP contribution >= 0.6 is 0 Å². The quantitative estimate of drug-likeness (QED) is 0.859. The van der Waals surface area contributed by atoms with Gasteiger partial charge >= 0.3 is 0 Å². The Morgan fingerprint density at radius 2 is 2.29 bits per heavy atom. The van der Waals surface area contributed by atoms with Crippen molar-refractivity contribution >= 4 is 5.69 Å². The van der Waals surface area contributed by atoms with Crippen LogP contribution < -0.4 is 10.2 Å². The van der Waals surface area contributed by atoms with Gasteiger partial charge in [0.05, 0.1) is 6.07 Å². The highest BCUT2D eigenvalue weighted by molar-refractivity contribution is 5.56. The Morgan fingerprint density at radius 1 is 1.53 bits per heavy atom. The summed E-state index contributed by atoms with van der Waals surface area (Å²) in [5.41, 5.74) is 2.69. The van der Waals surface area contributed by atoms with Crippen LogP contribution in [0.5, 0.6) is 0 Å². The Kier molecular flexibility index (Phi) is 3.65. The fourth-order valence-electron chi connectivity index (χ4n) is 2.50. The van der Waals surface area contributed by atoms with E-state index in [9.17, 15) is 0 Å². The Labute approximate surface area is 103 Å². The van der Waals surface area contributed by atoms with Gasteiger partial charge < -0.3 is 10.2 Å². The summed E-state index contributed by atoms with van der Waals surface area (Å²) in [5.74, 6) is 0.654. The first-order valence-corrected chi connectivity index (χ1v) is 6.14. The molecule has 0 radical (unpaired) electrons. The Balaban J connectivity index is 2.21. The molecule has 3 nitrogen and oxygen atoms in total. The lowest BCUT2D eigenvalue weighted by atomic mass is 9.93. The van der Waals surface area contributed by atoms with Gasteiger partial charge in [-0.25, -0.2) is 0 Å². The van der Waals surface area contributed by atoms with E-state index in [2.05, 4.69) is 47.5 Å². The van der Waals surface area contributed by atoms with E-state index in [-0.39, 0.29) is 6.04 Å². The van der Waals surface area contributed by atoms with Crippen molar-refractivity contribution in [3.8, 4) is 6.07 Å². The third-order valence-corrected chi connectivity index (χ3v) is 3.34. The van der Waals surface area contributed by atoms with E-state index in [1.165, 1.54) is 11.3 Å². The van der Waals surface area contributed by atoms with Crippen molar-refractivity contribution in [3.05, 3.63) is 29.8 Å². The second-order valence-corrected chi connectivity index (χ2v) is 4.81. The number of hydrogen-bond acceptors (Lipinski definition) is 3. The van der Waals surface area contributed by atoms with Crippen molar-refractivity contribution in [1.29, 1.82) is 5.26 Å². The summed E-state index contributed by atoms with van der Waals surface area (Å²) in [4.78, 5) is 2.33. The van der Waals surface area contributed by atoms with Crippen molar-refractivity contribution < 1.29 is 0 Å². The van der Waals surface area contributed by atoms with Gasteiger partial charge in [-0.15, -0.1) is 0 Å². The zero-order valence-corrected chi connectivity index (χ0v) is 10.5. The third-order valence-electron chi connectivity index (χ3n) is 3.34. The lowest BCUT2D eigenvalue weighted by Crippen LogP contribution is -2.43. The van der Waals surface area contributed by atoms with Gasteiger partial charge in [0, 0.05) is 18.8 Å². The van der Waals surface area contributed by atoms with Gasteiger partial charge in [-0.3, -0.25) is 0 Å². The van der Waals surface area contributed by atoms with E-state index in [1.807, 2.05) is 7.05 Å². The van der Waals surface area contributed by atoms with Crippen LogP contribution in [0.15, 0.2) is 24.3 Å². The van der Waals surface area contributed by atoms with Crippen molar-refractivity contribution in [1.82, 2.24) is 5.32 Å². The van der Waals surface area contributed by atoms with Crippen molar-refractivity contribution in [2.24, 2.45) is 5.92 Å². The second kappa shape index (κ2) is 5.20. The average molecular weight is 229 g/mol. The highest BCUT2D eigenvalue weighted by Crippen LogP contribution is 2.29. The number of benzene rings is 1. The molecule has 2 atom stereocenters. The number of nitrogens with one attached hydrogen (secondary N) is 1. The van der Waals surface area contributed by atoms with Gasteiger partial charge in [-0.2, -0.15) is 5.26 Å². The van der Waals surface area contributed by atoms with Crippen LogP contribution in [0, 0.1) is 17.2 Å². The van der Waals surface area contributed by atoms with Gasteiger partial charge in [-0.05, 0) is 31.0 Å². The lowest BCUT2D eigenvalue weighted by Gasteiger charge is -2.35. The highest BCUT2D eigenvalue weighted by atomic mass is 15.2. The first kappa shape index (κ1) is 11.9. The summed E-state index contributed by atoms with van der Waals surface area (Å²) in [7, 11) is 1.84. The average Bonchev–Trinajstić information content (AvgIpc) is 2.35. The number of nitrogens with zero attached hydrogens (tertiary/aromatic N) is 2. The molecule has 0 aromatic heterocycles. The smallest absolute Gasteiger partial charge is 0.113 e. The van der Waals surface area contributed by atoms with Crippen LogP contribution in [0.25, 0.3) is 0 Å². The van der Waals surface area contributed by atoms with Crippen LogP contribution in [-0.4, -0.2) is 26.2 Å². The Bertz CT molecular complexity index is 422. The summed E-state index contributed by atoms with van der Waals surface area (Å²) in [6.07, 6.45) is 1.14. The van der Waals surface area contributed by atoms with Gasteiger partial charge in [0.25, 0.3) is 0 Å². The van der Waals surface area contributed by atoms with Gasteiger partial charge in [0.2, 0.25) is 0 Å². The Morgan fingerprint density at radius 3 is 3.00 bits per heavy atom. The summed E-state index contributed by atoms with van der Waals surface area (Å²) >= 11 is 0. The molecule has 1 aromatic carbocycles. The van der Waals surface area contributed by atoms with E-state index in [0.717, 1.165) is 19.5 Å². The number of fused-ring (bicyclic) bond motifs is 1. The molecule has 0 saturated carbocycles. The number of hydrogen-bond donors (Lipinski definition) is 1. The molecule has 0 saturated heterocycles. The molecule has 1 N–H and O–H groups in total. The molecule has 90 valence electrons. The molecule has 3 heteroatoms. The third kappa shape index (κ3) is 2.59. The monoisotopic (exact) mass is 229 g/mol. The SMILES string of the molecule is CNC(C#N)CN1CC(C)Cc2ccccc21. The number of likely N-dealkylation sites (N-methyl/N-ethyl adjacent to an activating group) is 1. The molecule has 2 rings (SSSR count). The first-order valence-electron chi connectivity index (χ1n) is 6.14. The number of para-hydroxylation sites is 1. The molecule has 0 spiro atoms. The molecule has 0 bridgehead atoms. The molecule has 1 heterocycles. The highest BCUT2D eigenvalue weighted by Gasteiger charge is 2.22. The van der Waals surface area contributed by atoms with E-state index in [0.29, 0.717) is 5.92 Å². The molecule has 0 fully saturated rings. The first-order chi connectivity index (χ1) is 8.24. The minimum atomic E-state index is -0.103. The molecule has 2 unspecified atom stereocenters. The molecule has 0 aliphatic carbocycles. The number of anilines is 1. The molecule has 1 aromatic rings. The van der Waals surface area contributed by atoms with E-state index < -0.39 is 0 Å². The van der Waals surface area contributed by atoms with Crippen molar-refractivity contribution in [2.45, 2.75) is 19.4 Å². The van der Waals surface area contributed by atoms with E-state index >= 15 is 0 Å². The van der Waals surface area contributed by atoms with E-state index in [4.69, 9.17) is 5.26 Å². The zero-order chi connectivity index (χ0) is 12.3. The molecule has 17 heavy (non-hydrogen) atoms. The largest absolute Gasteiger partial charge is 0.368 e. The Hall–Kier alpha value is -1.53. The number of nitriles is 1. The van der Waals surface area contributed by atoms with Crippen LogP contribution in [0.1, 0.15) is 12.5 Å². The fourth-order valence-corrected chi connectivity index (χ4v) is 2.50. The van der Waals surface area contributed by atoms with Crippen molar-refractivity contribution in [2.75, 3.05) is 25.0 Å². The van der Waals surface area contributed by atoms with Crippen LogP contribution in [0.2, 0.25) is 0 Å². The molecule has 1 aliphatic heterocycles. The predicted octanol–water partition coefficient (Wildman–Crippen LogP) is 1.80. The summed E-state index contributed by atoms with van der Waals surface area (Å²) in [5, 5.41) is 12.1. The summed E-state index contributed by atoms with van der Waals surface area (Å²) < 4.78 is 0. The van der Waals surface area contributed by atoms with Crippen LogP contribution in [-0.2, 0) is 6.42 Å². The summed E-state index contributed by atoms with van der Waals surface area (Å²) in [6, 6.07) is 10.7. The number of rotatable bonds is 3. The maximum atomic E-state index is 9.03. The molecule has 1 aliphatic rings. The maximum absolute atomic E-state index is 9.03. The van der Waals surface area contributed by atoms with Gasteiger partial charge in [0.15, 0.2) is 0 Å². The van der Waals surface area contributed by atoms with Crippen LogP contribution in [0.4, 0.5) is 5.69 Å². The normalized spacial score (nSPS) is 20.5.